The second kappa shape index (κ2) is 8.84. The van der Waals surface area contributed by atoms with Gasteiger partial charge in [0.15, 0.2) is 0 Å². The molecule has 0 atom stereocenters. The first kappa shape index (κ1) is 24.4. The Hall–Kier alpha value is -3.90. The van der Waals surface area contributed by atoms with Crippen molar-refractivity contribution in [2.24, 2.45) is 0 Å². The lowest BCUT2D eigenvalue weighted by molar-refractivity contribution is 0.590. The number of hydrogen-bond acceptors (Lipinski definition) is 0. The first-order valence-electron chi connectivity index (χ1n) is 13.7. The van der Waals surface area contributed by atoms with Crippen molar-refractivity contribution in [2.45, 2.75) is 52.4 Å². The van der Waals surface area contributed by atoms with Crippen molar-refractivity contribution < 1.29 is 0 Å². The minimum atomic E-state index is 0.139. The van der Waals surface area contributed by atoms with Crippen LogP contribution in [-0.2, 0) is 10.8 Å². The van der Waals surface area contributed by atoms with Crippen molar-refractivity contribution in [2.75, 3.05) is 0 Å². The molecule has 0 saturated carbocycles. The topological polar surface area (TPSA) is 0 Å². The van der Waals surface area contributed by atoms with Crippen molar-refractivity contribution >= 4 is 32.3 Å². The molecule has 6 aromatic rings. The minimum Gasteiger partial charge on any atom is -0.0616 e. The van der Waals surface area contributed by atoms with Gasteiger partial charge in [0.25, 0.3) is 0 Å². The quantitative estimate of drug-likeness (QED) is 0.211. The molecule has 0 aliphatic rings. The molecule has 0 N–H and O–H groups in total. The fraction of sp³-hybridized carbons (Fsp3) is 0.211. The first-order valence-corrected chi connectivity index (χ1v) is 13.7. The Morgan fingerprint density at radius 1 is 0.395 bits per heavy atom. The monoisotopic (exact) mass is 492 g/mol. The SMILES string of the molecule is CC(C)(C)c1ccc(-c2cc3cc(-c4ccc(C(C)(C)C)cc4)c4ccccc4c3c3ccccc23)cc1. The maximum Gasteiger partial charge on any atom is -0.00259 e. The third kappa shape index (κ3) is 4.19. The van der Waals surface area contributed by atoms with E-state index in [2.05, 4.69) is 151 Å². The maximum atomic E-state index is 2.41. The molecule has 0 nitrogen and oxygen atoms in total. The largest absolute Gasteiger partial charge is 0.0616 e. The van der Waals surface area contributed by atoms with E-state index in [9.17, 15) is 0 Å². The van der Waals surface area contributed by atoms with Crippen LogP contribution in [-0.4, -0.2) is 0 Å². The van der Waals surface area contributed by atoms with Crippen LogP contribution in [0.2, 0.25) is 0 Å². The van der Waals surface area contributed by atoms with Gasteiger partial charge in [0.1, 0.15) is 0 Å². The van der Waals surface area contributed by atoms with E-state index in [1.807, 2.05) is 0 Å². The number of fused-ring (bicyclic) bond motifs is 5. The maximum absolute atomic E-state index is 2.41. The third-order valence-electron chi connectivity index (χ3n) is 7.99. The van der Waals surface area contributed by atoms with Crippen LogP contribution in [0.4, 0.5) is 0 Å². The molecular weight excluding hydrogens is 456 g/mol. The first-order chi connectivity index (χ1) is 18.1. The van der Waals surface area contributed by atoms with Gasteiger partial charge < -0.3 is 0 Å². The zero-order valence-electron chi connectivity index (χ0n) is 23.4. The third-order valence-corrected chi connectivity index (χ3v) is 7.99. The van der Waals surface area contributed by atoms with Gasteiger partial charge in [-0.05, 0) is 88.7 Å². The molecule has 0 unspecified atom stereocenters. The zero-order chi connectivity index (χ0) is 26.7. The number of benzene rings is 6. The Balaban J connectivity index is 1.64. The Kier molecular flexibility index (Phi) is 5.69. The van der Waals surface area contributed by atoms with Gasteiger partial charge >= 0.3 is 0 Å². The van der Waals surface area contributed by atoms with Crippen LogP contribution in [0.3, 0.4) is 0 Å². The summed E-state index contributed by atoms with van der Waals surface area (Å²) in [5, 5.41) is 7.84. The van der Waals surface area contributed by atoms with E-state index in [0.29, 0.717) is 0 Å². The summed E-state index contributed by atoms with van der Waals surface area (Å²) >= 11 is 0. The van der Waals surface area contributed by atoms with Gasteiger partial charge in [-0.3, -0.25) is 0 Å². The molecule has 6 aromatic carbocycles. The highest BCUT2D eigenvalue weighted by Crippen LogP contribution is 2.42. The Morgan fingerprint density at radius 2 is 0.737 bits per heavy atom. The molecule has 0 amide bonds. The van der Waals surface area contributed by atoms with Gasteiger partial charge in [0, 0.05) is 0 Å². The molecule has 0 spiro atoms. The second-order valence-corrected chi connectivity index (χ2v) is 12.7. The Morgan fingerprint density at radius 3 is 1.08 bits per heavy atom. The fourth-order valence-corrected chi connectivity index (χ4v) is 5.76. The van der Waals surface area contributed by atoms with Gasteiger partial charge in [0.2, 0.25) is 0 Å². The average Bonchev–Trinajstić information content (AvgIpc) is 2.91. The zero-order valence-corrected chi connectivity index (χ0v) is 23.4. The molecule has 6 rings (SSSR count). The highest BCUT2D eigenvalue weighted by atomic mass is 14.2. The second-order valence-electron chi connectivity index (χ2n) is 12.7. The average molecular weight is 493 g/mol. The lowest BCUT2D eigenvalue weighted by Crippen LogP contribution is -2.10. The summed E-state index contributed by atoms with van der Waals surface area (Å²) in [4.78, 5) is 0. The molecule has 0 radical (unpaired) electrons. The lowest BCUT2D eigenvalue weighted by Gasteiger charge is -2.20. The molecule has 188 valence electrons. The van der Waals surface area contributed by atoms with E-state index in [1.54, 1.807) is 0 Å². The van der Waals surface area contributed by atoms with Gasteiger partial charge in [-0.1, -0.05) is 139 Å². The van der Waals surface area contributed by atoms with Gasteiger partial charge in [0.05, 0.1) is 0 Å². The van der Waals surface area contributed by atoms with Crippen LogP contribution in [0.25, 0.3) is 54.6 Å². The van der Waals surface area contributed by atoms with Crippen molar-refractivity contribution in [1.29, 1.82) is 0 Å². The number of hydrogen-bond donors (Lipinski definition) is 0. The normalized spacial score (nSPS) is 12.5. The van der Waals surface area contributed by atoms with Crippen molar-refractivity contribution in [3.63, 3.8) is 0 Å². The minimum absolute atomic E-state index is 0.139. The van der Waals surface area contributed by atoms with Crippen LogP contribution in [0, 0.1) is 0 Å². The van der Waals surface area contributed by atoms with Gasteiger partial charge in [-0.2, -0.15) is 0 Å². The van der Waals surface area contributed by atoms with Crippen LogP contribution in [0.5, 0.6) is 0 Å². The molecule has 0 aliphatic heterocycles. The van der Waals surface area contributed by atoms with E-state index >= 15 is 0 Å². The molecular formula is C38H36. The highest BCUT2D eigenvalue weighted by Gasteiger charge is 2.17. The summed E-state index contributed by atoms with van der Waals surface area (Å²) in [6.07, 6.45) is 0. The molecule has 0 fully saturated rings. The molecule has 0 saturated heterocycles. The summed E-state index contributed by atoms with van der Waals surface area (Å²) in [5.74, 6) is 0. The van der Waals surface area contributed by atoms with E-state index in [-0.39, 0.29) is 10.8 Å². The molecule has 0 heterocycles. The molecule has 38 heavy (non-hydrogen) atoms. The van der Waals surface area contributed by atoms with Crippen LogP contribution in [0.15, 0.2) is 109 Å². The van der Waals surface area contributed by atoms with Crippen molar-refractivity contribution in [3.05, 3.63) is 120 Å². The summed E-state index contributed by atoms with van der Waals surface area (Å²) in [6.45, 7) is 13.6. The van der Waals surface area contributed by atoms with Crippen LogP contribution >= 0.6 is 0 Å². The summed E-state index contributed by atoms with van der Waals surface area (Å²) < 4.78 is 0. The van der Waals surface area contributed by atoms with Crippen LogP contribution < -0.4 is 0 Å². The lowest BCUT2D eigenvalue weighted by atomic mass is 9.84. The molecule has 0 aliphatic carbocycles. The highest BCUT2D eigenvalue weighted by molar-refractivity contribution is 6.25. The molecule has 0 aromatic heterocycles. The van der Waals surface area contributed by atoms with Gasteiger partial charge in [-0.15, -0.1) is 0 Å². The van der Waals surface area contributed by atoms with E-state index in [1.165, 1.54) is 65.7 Å². The Labute approximate surface area is 227 Å². The standard InChI is InChI=1S/C38H36/c1-37(2,3)28-19-15-25(16-20-28)34-23-27-24-35(26-17-21-29(22-18-26)38(4,5)6)31-12-8-10-14-33(31)36(27)32-13-9-7-11-30(32)34/h7-24H,1-6H3. The fourth-order valence-electron chi connectivity index (χ4n) is 5.76. The molecule has 0 bridgehead atoms. The Bertz CT molecular complexity index is 1650. The predicted molar refractivity (Wildman–Crippen MR) is 167 cm³/mol. The number of rotatable bonds is 2. The summed E-state index contributed by atoms with van der Waals surface area (Å²) in [5.41, 5.74) is 8.11. The van der Waals surface area contributed by atoms with E-state index in [4.69, 9.17) is 0 Å². The summed E-state index contributed by atoms with van der Waals surface area (Å²) in [6, 6.07) is 40.9. The molecule has 0 heteroatoms. The van der Waals surface area contributed by atoms with Crippen LogP contribution in [0.1, 0.15) is 52.7 Å². The van der Waals surface area contributed by atoms with Crippen molar-refractivity contribution in [1.82, 2.24) is 0 Å². The van der Waals surface area contributed by atoms with Gasteiger partial charge in [-0.25, -0.2) is 0 Å². The van der Waals surface area contributed by atoms with Crippen molar-refractivity contribution in [3.8, 4) is 22.3 Å². The predicted octanol–water partition coefficient (Wildman–Crippen LogP) is 11.1. The van der Waals surface area contributed by atoms with E-state index in [0.717, 1.165) is 0 Å². The van der Waals surface area contributed by atoms with E-state index < -0.39 is 0 Å². The summed E-state index contributed by atoms with van der Waals surface area (Å²) in [7, 11) is 0. The smallest absolute Gasteiger partial charge is 0.00259 e.